The third-order valence-corrected chi connectivity index (χ3v) is 9.83. The fraction of sp³-hybridized carbons (Fsp3) is 0.414. The Morgan fingerprint density at radius 3 is 1.48 bits per heavy atom. The number of amides is 4. The minimum atomic E-state index is -0.495. The van der Waals surface area contributed by atoms with Crippen molar-refractivity contribution in [2.24, 2.45) is 0 Å². The summed E-state index contributed by atoms with van der Waals surface area (Å²) in [6.07, 6.45) is 9.76. The maximum Gasteiger partial charge on any atom is 0.274 e. The summed E-state index contributed by atoms with van der Waals surface area (Å²) in [6.45, 7) is 0. The largest absolute Gasteiger partial charge is 0.355 e. The van der Waals surface area contributed by atoms with E-state index in [0.717, 1.165) is 85.1 Å². The van der Waals surface area contributed by atoms with Gasteiger partial charge in [-0.3, -0.25) is 19.2 Å². The summed E-state index contributed by atoms with van der Waals surface area (Å²) in [7, 11) is 3.17. The summed E-state index contributed by atoms with van der Waals surface area (Å²) in [6, 6.07) is 4.67. The molecule has 4 amide bonds. The van der Waals surface area contributed by atoms with Crippen LogP contribution in [0.2, 0.25) is 0 Å². The van der Waals surface area contributed by atoms with Crippen LogP contribution in [0.3, 0.4) is 0 Å². The first kappa shape index (κ1) is 28.0. The van der Waals surface area contributed by atoms with Gasteiger partial charge in [-0.25, -0.2) is 4.98 Å². The number of carbonyl (C=O) groups is 4. The number of pyridine rings is 1. The van der Waals surface area contributed by atoms with Crippen molar-refractivity contribution < 1.29 is 19.2 Å². The van der Waals surface area contributed by atoms with E-state index in [2.05, 4.69) is 26.3 Å². The lowest BCUT2D eigenvalue weighted by atomic mass is 10.0. The molecule has 9 nitrogen and oxygen atoms in total. The van der Waals surface area contributed by atoms with Gasteiger partial charge in [0.15, 0.2) is 0 Å². The molecule has 3 aromatic rings. The first-order chi connectivity index (χ1) is 19.4. The van der Waals surface area contributed by atoms with Gasteiger partial charge in [-0.15, -0.1) is 22.7 Å². The minimum Gasteiger partial charge on any atom is -0.355 e. The number of thiophene rings is 2. The van der Waals surface area contributed by atoms with E-state index in [1.807, 2.05) is 0 Å². The summed E-state index contributed by atoms with van der Waals surface area (Å²) in [5, 5.41) is 12.2. The molecule has 0 saturated carbocycles. The molecule has 0 aliphatic heterocycles. The standard InChI is InChI=1S/C29H33N5O4S2/c1-30-26(37)22-16-10-5-3-7-14-20(16)39-28(22)33-24(35)18-12-9-13-19(32-18)25(36)34-29-23(27(38)31-2)17-11-6-4-8-15-21(17)40-29/h9,12-13H,3-8,10-11,14-15H2,1-2H3,(H,30,37)(H,31,38)(H,33,35)(H,34,36). The first-order valence-electron chi connectivity index (χ1n) is 13.7. The van der Waals surface area contributed by atoms with Gasteiger partial charge in [-0.05, 0) is 74.6 Å². The number of carbonyl (C=O) groups excluding carboxylic acids is 4. The number of fused-ring (bicyclic) bond motifs is 2. The van der Waals surface area contributed by atoms with E-state index in [0.29, 0.717) is 21.1 Å². The third-order valence-electron chi connectivity index (χ3n) is 7.42. The number of nitrogens with one attached hydrogen (secondary N) is 4. The van der Waals surface area contributed by atoms with Crippen LogP contribution >= 0.6 is 22.7 Å². The average Bonchev–Trinajstić information content (AvgIpc) is 3.25. The molecule has 0 radical (unpaired) electrons. The Bertz CT molecular complexity index is 1370. The van der Waals surface area contributed by atoms with E-state index in [1.54, 1.807) is 20.2 Å². The highest BCUT2D eigenvalue weighted by Gasteiger charge is 2.27. The molecule has 0 bridgehead atoms. The highest BCUT2D eigenvalue weighted by atomic mass is 32.1. The topological polar surface area (TPSA) is 129 Å². The molecular formula is C29H33N5O4S2. The Balaban J connectivity index is 1.38. The highest BCUT2D eigenvalue weighted by molar-refractivity contribution is 7.17. The van der Waals surface area contributed by atoms with Gasteiger partial charge in [-0.1, -0.05) is 18.9 Å². The maximum absolute atomic E-state index is 13.3. The van der Waals surface area contributed by atoms with Crippen LogP contribution in [-0.2, 0) is 25.7 Å². The van der Waals surface area contributed by atoms with Crippen LogP contribution in [0.5, 0.6) is 0 Å². The van der Waals surface area contributed by atoms with Crippen molar-refractivity contribution in [3.05, 3.63) is 61.6 Å². The normalized spacial score (nSPS) is 14.7. The van der Waals surface area contributed by atoms with E-state index in [1.165, 1.54) is 34.8 Å². The fourth-order valence-corrected chi connectivity index (χ4v) is 7.98. The molecule has 5 rings (SSSR count). The number of rotatable bonds is 6. The third kappa shape index (κ3) is 5.66. The number of hydrogen-bond acceptors (Lipinski definition) is 7. The van der Waals surface area contributed by atoms with Crippen LogP contribution in [0.25, 0.3) is 0 Å². The smallest absolute Gasteiger partial charge is 0.274 e. The van der Waals surface area contributed by atoms with Gasteiger partial charge >= 0.3 is 0 Å². The average molecular weight is 580 g/mol. The van der Waals surface area contributed by atoms with Crippen molar-refractivity contribution >= 4 is 56.3 Å². The summed E-state index contributed by atoms with van der Waals surface area (Å²) in [5.74, 6) is -1.44. The number of aryl methyl sites for hydroxylation is 2. The summed E-state index contributed by atoms with van der Waals surface area (Å²) < 4.78 is 0. The van der Waals surface area contributed by atoms with Gasteiger partial charge in [0.2, 0.25) is 0 Å². The van der Waals surface area contributed by atoms with Crippen LogP contribution in [0, 0.1) is 0 Å². The molecule has 0 fully saturated rings. The lowest BCUT2D eigenvalue weighted by Gasteiger charge is -2.09. The number of hydrogen-bond donors (Lipinski definition) is 4. The van der Waals surface area contributed by atoms with Crippen molar-refractivity contribution in [3.63, 3.8) is 0 Å². The zero-order valence-electron chi connectivity index (χ0n) is 22.7. The van der Waals surface area contributed by atoms with Crippen LogP contribution < -0.4 is 21.3 Å². The molecule has 11 heteroatoms. The molecule has 40 heavy (non-hydrogen) atoms. The van der Waals surface area contributed by atoms with Crippen LogP contribution in [-0.4, -0.2) is 42.7 Å². The molecule has 0 atom stereocenters. The van der Waals surface area contributed by atoms with Crippen LogP contribution in [0.15, 0.2) is 18.2 Å². The zero-order valence-corrected chi connectivity index (χ0v) is 24.3. The molecule has 2 aliphatic rings. The van der Waals surface area contributed by atoms with Crippen LogP contribution in [0.1, 0.15) is 101 Å². The van der Waals surface area contributed by atoms with Crippen molar-refractivity contribution in [1.82, 2.24) is 15.6 Å². The van der Waals surface area contributed by atoms with Crippen LogP contribution in [0.4, 0.5) is 10.0 Å². The molecule has 3 heterocycles. The minimum absolute atomic E-state index is 0.0626. The van der Waals surface area contributed by atoms with Gasteiger partial charge in [0, 0.05) is 23.8 Å². The lowest BCUT2D eigenvalue weighted by Crippen LogP contribution is -2.23. The van der Waals surface area contributed by atoms with Crippen molar-refractivity contribution in [2.75, 3.05) is 24.7 Å². The van der Waals surface area contributed by atoms with Crippen molar-refractivity contribution in [3.8, 4) is 0 Å². The Labute approximate surface area is 241 Å². The van der Waals surface area contributed by atoms with Crippen molar-refractivity contribution in [2.45, 2.75) is 64.2 Å². The summed E-state index contributed by atoms with van der Waals surface area (Å²) in [5.41, 5.74) is 3.19. The molecule has 4 N–H and O–H groups in total. The molecule has 2 aliphatic carbocycles. The van der Waals surface area contributed by atoms with E-state index in [9.17, 15) is 19.2 Å². The van der Waals surface area contributed by atoms with Crippen molar-refractivity contribution in [1.29, 1.82) is 0 Å². The van der Waals surface area contributed by atoms with Gasteiger partial charge in [0.1, 0.15) is 21.4 Å². The Hall–Kier alpha value is -3.57. The Morgan fingerprint density at radius 2 is 1.05 bits per heavy atom. The molecule has 0 saturated heterocycles. The summed E-state index contributed by atoms with van der Waals surface area (Å²) in [4.78, 5) is 58.6. The zero-order chi connectivity index (χ0) is 28.2. The van der Waals surface area contributed by atoms with E-state index in [-0.39, 0.29) is 23.2 Å². The predicted octanol–water partition coefficient (Wildman–Crippen LogP) is 4.97. The van der Waals surface area contributed by atoms with E-state index >= 15 is 0 Å². The van der Waals surface area contributed by atoms with E-state index in [4.69, 9.17) is 0 Å². The number of aromatic nitrogens is 1. The summed E-state index contributed by atoms with van der Waals surface area (Å²) >= 11 is 2.88. The molecule has 0 spiro atoms. The monoisotopic (exact) mass is 579 g/mol. The number of anilines is 2. The van der Waals surface area contributed by atoms with Gasteiger partial charge < -0.3 is 21.3 Å². The first-order valence-corrected chi connectivity index (χ1v) is 15.4. The second kappa shape index (κ2) is 12.3. The molecule has 3 aromatic heterocycles. The van der Waals surface area contributed by atoms with Gasteiger partial charge in [-0.2, -0.15) is 0 Å². The van der Waals surface area contributed by atoms with Gasteiger partial charge in [0.25, 0.3) is 23.6 Å². The maximum atomic E-state index is 13.3. The Kier molecular flexibility index (Phi) is 8.60. The predicted molar refractivity (Wildman–Crippen MR) is 158 cm³/mol. The SMILES string of the molecule is CNC(=O)c1c(NC(=O)c2cccc(C(=O)Nc3sc4c(c3C(=O)NC)CCCCC4)n2)sc2c1CCCCC2. The molecular weight excluding hydrogens is 546 g/mol. The number of nitrogens with zero attached hydrogens (tertiary/aromatic N) is 1. The fourth-order valence-electron chi connectivity index (χ4n) is 5.41. The quantitative estimate of drug-likeness (QED) is 0.307. The molecule has 0 unspecified atom stereocenters. The highest BCUT2D eigenvalue weighted by Crippen LogP contribution is 2.39. The lowest BCUT2D eigenvalue weighted by molar-refractivity contribution is 0.0954. The Morgan fingerprint density at radius 1 is 0.625 bits per heavy atom. The van der Waals surface area contributed by atoms with Gasteiger partial charge in [0.05, 0.1) is 11.1 Å². The second-order valence-corrected chi connectivity index (χ2v) is 12.2. The second-order valence-electron chi connectivity index (χ2n) is 10.0. The van der Waals surface area contributed by atoms with E-state index < -0.39 is 11.8 Å². The molecule has 210 valence electrons. The molecule has 0 aromatic carbocycles.